The van der Waals surface area contributed by atoms with E-state index < -0.39 is 6.10 Å². The maximum atomic E-state index is 10.6. The third kappa shape index (κ3) is 8.82. The Bertz CT molecular complexity index is 830. The molecule has 172 valence electrons. The number of benzene rings is 2. The molecule has 0 aliphatic carbocycles. The average Bonchev–Trinajstić information content (AvgIpc) is 2.75. The predicted molar refractivity (Wildman–Crippen MR) is 135 cm³/mol. The largest absolute Gasteiger partial charge is 0.497 e. The van der Waals surface area contributed by atoms with Gasteiger partial charge in [0.05, 0.1) is 33.0 Å². The van der Waals surface area contributed by atoms with Crippen LogP contribution in [0.5, 0.6) is 17.2 Å². The van der Waals surface area contributed by atoms with Gasteiger partial charge in [-0.1, -0.05) is 12.1 Å². The highest BCUT2D eigenvalue weighted by Crippen LogP contribution is 2.25. The van der Waals surface area contributed by atoms with E-state index in [0.29, 0.717) is 25.6 Å². The van der Waals surface area contributed by atoms with Gasteiger partial charge in [-0.05, 0) is 50.6 Å². The standard InChI is InChI=1S/C23H33N3O4.HI/c1-6-24-23(25-14-18-10-11-19(28-4)13-22(18)29-5)26-15-21(27)17-8-7-9-20(12-17)30-16(2)3;/h7-13,16,21,27H,6,14-15H2,1-5H3,(H2,24,25,26);1H. The van der Waals surface area contributed by atoms with Crippen molar-refractivity contribution >= 4 is 29.9 Å². The minimum Gasteiger partial charge on any atom is -0.497 e. The van der Waals surface area contributed by atoms with Crippen molar-refractivity contribution in [2.24, 2.45) is 4.99 Å². The van der Waals surface area contributed by atoms with Crippen LogP contribution in [0.4, 0.5) is 0 Å². The van der Waals surface area contributed by atoms with E-state index >= 15 is 0 Å². The number of halogens is 1. The summed E-state index contributed by atoms with van der Waals surface area (Å²) in [6, 6.07) is 13.2. The lowest BCUT2D eigenvalue weighted by Gasteiger charge is -2.17. The molecule has 0 aliphatic heterocycles. The van der Waals surface area contributed by atoms with Crippen molar-refractivity contribution in [1.29, 1.82) is 0 Å². The number of methoxy groups -OCH3 is 2. The molecule has 0 radical (unpaired) electrons. The van der Waals surface area contributed by atoms with E-state index in [4.69, 9.17) is 14.2 Å². The van der Waals surface area contributed by atoms with Crippen molar-refractivity contribution in [2.45, 2.75) is 39.5 Å². The van der Waals surface area contributed by atoms with Crippen LogP contribution in [0.2, 0.25) is 0 Å². The van der Waals surface area contributed by atoms with Gasteiger partial charge in [0.1, 0.15) is 17.2 Å². The molecule has 0 amide bonds. The van der Waals surface area contributed by atoms with Crippen molar-refractivity contribution in [2.75, 3.05) is 27.3 Å². The molecular formula is C23H34IN3O4. The monoisotopic (exact) mass is 543 g/mol. The first-order valence-electron chi connectivity index (χ1n) is 10.1. The number of guanidine groups is 1. The van der Waals surface area contributed by atoms with Gasteiger partial charge in [-0.15, -0.1) is 24.0 Å². The molecule has 2 rings (SSSR count). The van der Waals surface area contributed by atoms with Gasteiger partial charge in [-0.3, -0.25) is 0 Å². The Labute approximate surface area is 202 Å². The molecular weight excluding hydrogens is 509 g/mol. The van der Waals surface area contributed by atoms with E-state index in [0.717, 1.165) is 28.4 Å². The van der Waals surface area contributed by atoms with E-state index in [1.807, 2.05) is 63.2 Å². The van der Waals surface area contributed by atoms with Gasteiger partial charge >= 0.3 is 0 Å². The van der Waals surface area contributed by atoms with Crippen LogP contribution in [-0.4, -0.2) is 44.5 Å². The van der Waals surface area contributed by atoms with Gasteiger partial charge < -0.3 is 30.0 Å². The Hall–Kier alpha value is -2.20. The van der Waals surface area contributed by atoms with Crippen LogP contribution in [0.3, 0.4) is 0 Å². The van der Waals surface area contributed by atoms with Crippen LogP contribution in [0.1, 0.15) is 38.0 Å². The number of ether oxygens (including phenoxy) is 3. The number of nitrogens with one attached hydrogen (secondary N) is 2. The zero-order chi connectivity index (χ0) is 21.9. The fraction of sp³-hybridized carbons (Fsp3) is 0.435. The summed E-state index contributed by atoms with van der Waals surface area (Å²) < 4.78 is 16.4. The number of aliphatic imine (C=N–C) groups is 1. The highest BCUT2D eigenvalue weighted by atomic mass is 127. The van der Waals surface area contributed by atoms with Gasteiger partial charge in [0.2, 0.25) is 0 Å². The van der Waals surface area contributed by atoms with E-state index in [9.17, 15) is 5.11 Å². The third-order valence-corrected chi connectivity index (χ3v) is 4.32. The quantitative estimate of drug-likeness (QED) is 0.240. The van der Waals surface area contributed by atoms with Gasteiger partial charge in [0, 0.05) is 24.7 Å². The molecule has 0 aromatic heterocycles. The molecule has 0 spiro atoms. The number of nitrogens with zero attached hydrogens (tertiary/aromatic N) is 1. The second kappa shape index (κ2) is 14.0. The summed E-state index contributed by atoms with van der Waals surface area (Å²) in [5.41, 5.74) is 1.72. The first kappa shape index (κ1) is 26.8. The maximum absolute atomic E-state index is 10.6. The summed E-state index contributed by atoms with van der Waals surface area (Å²) in [6.45, 7) is 7.39. The van der Waals surface area contributed by atoms with Crippen LogP contribution in [0, 0.1) is 0 Å². The summed E-state index contributed by atoms with van der Waals surface area (Å²) in [7, 11) is 3.24. The Balaban J connectivity index is 0.00000480. The number of hydrogen-bond donors (Lipinski definition) is 3. The van der Waals surface area contributed by atoms with E-state index in [-0.39, 0.29) is 30.1 Å². The van der Waals surface area contributed by atoms with Crippen molar-refractivity contribution < 1.29 is 19.3 Å². The second-order valence-electron chi connectivity index (χ2n) is 7.01. The van der Waals surface area contributed by atoms with Gasteiger partial charge in [0.15, 0.2) is 5.96 Å². The smallest absolute Gasteiger partial charge is 0.191 e. The molecule has 2 aromatic rings. The van der Waals surface area contributed by atoms with Crippen LogP contribution < -0.4 is 24.8 Å². The molecule has 31 heavy (non-hydrogen) atoms. The average molecular weight is 543 g/mol. The third-order valence-electron chi connectivity index (χ3n) is 4.32. The van der Waals surface area contributed by atoms with Crippen LogP contribution in [0.15, 0.2) is 47.5 Å². The first-order valence-corrected chi connectivity index (χ1v) is 10.1. The molecule has 3 N–H and O–H groups in total. The van der Waals surface area contributed by atoms with E-state index in [1.165, 1.54) is 0 Å². The second-order valence-corrected chi connectivity index (χ2v) is 7.01. The van der Waals surface area contributed by atoms with E-state index in [1.54, 1.807) is 14.2 Å². The molecule has 1 unspecified atom stereocenters. The lowest BCUT2D eigenvalue weighted by molar-refractivity contribution is 0.179. The summed E-state index contributed by atoms with van der Waals surface area (Å²) in [6.07, 6.45) is -0.613. The molecule has 0 aliphatic rings. The molecule has 7 nitrogen and oxygen atoms in total. The van der Waals surface area contributed by atoms with Gasteiger partial charge in [0.25, 0.3) is 0 Å². The summed E-state index contributed by atoms with van der Waals surface area (Å²) >= 11 is 0. The highest BCUT2D eigenvalue weighted by molar-refractivity contribution is 14.0. The number of hydrogen-bond acceptors (Lipinski definition) is 5. The number of rotatable bonds is 10. The summed E-state index contributed by atoms with van der Waals surface area (Å²) in [4.78, 5) is 4.61. The summed E-state index contributed by atoms with van der Waals surface area (Å²) in [5, 5.41) is 17.0. The summed E-state index contributed by atoms with van der Waals surface area (Å²) in [5.74, 6) is 2.81. The Morgan fingerprint density at radius 3 is 2.45 bits per heavy atom. The van der Waals surface area contributed by atoms with Crippen molar-refractivity contribution in [3.63, 3.8) is 0 Å². The van der Waals surface area contributed by atoms with Crippen molar-refractivity contribution in [1.82, 2.24) is 10.6 Å². The predicted octanol–water partition coefficient (Wildman–Crippen LogP) is 3.90. The van der Waals surface area contributed by atoms with Crippen LogP contribution in [-0.2, 0) is 6.54 Å². The molecule has 0 heterocycles. The highest BCUT2D eigenvalue weighted by Gasteiger charge is 2.11. The molecule has 1 atom stereocenters. The number of aliphatic hydroxyl groups excluding tert-OH is 1. The molecule has 8 heteroatoms. The zero-order valence-corrected chi connectivity index (χ0v) is 21.2. The number of aliphatic hydroxyl groups is 1. The minimum atomic E-state index is -0.694. The van der Waals surface area contributed by atoms with Gasteiger partial charge in [-0.2, -0.15) is 0 Å². The minimum absolute atomic E-state index is 0. The molecule has 0 fully saturated rings. The van der Waals surface area contributed by atoms with Crippen LogP contribution in [0.25, 0.3) is 0 Å². The lowest BCUT2D eigenvalue weighted by atomic mass is 10.1. The van der Waals surface area contributed by atoms with E-state index in [2.05, 4.69) is 15.6 Å². The zero-order valence-electron chi connectivity index (χ0n) is 18.8. The van der Waals surface area contributed by atoms with Crippen molar-refractivity contribution in [3.8, 4) is 17.2 Å². The Morgan fingerprint density at radius 2 is 1.81 bits per heavy atom. The Kier molecular flexibility index (Phi) is 12.1. The van der Waals surface area contributed by atoms with Crippen LogP contribution >= 0.6 is 24.0 Å². The lowest BCUT2D eigenvalue weighted by Crippen LogP contribution is -2.39. The Morgan fingerprint density at radius 1 is 1.03 bits per heavy atom. The molecule has 0 saturated heterocycles. The topological polar surface area (TPSA) is 84.3 Å². The fourth-order valence-electron chi connectivity index (χ4n) is 2.87. The first-order chi connectivity index (χ1) is 14.5. The van der Waals surface area contributed by atoms with Crippen molar-refractivity contribution in [3.05, 3.63) is 53.6 Å². The SMILES string of the molecule is CCNC(=NCc1ccc(OC)cc1OC)NCC(O)c1cccc(OC(C)C)c1.I. The normalized spacial score (nSPS) is 12.0. The molecule has 2 aromatic carbocycles. The molecule has 0 bridgehead atoms. The fourth-order valence-corrected chi connectivity index (χ4v) is 2.87. The molecule has 0 saturated carbocycles. The van der Waals surface area contributed by atoms with Gasteiger partial charge in [-0.25, -0.2) is 4.99 Å². The maximum Gasteiger partial charge on any atom is 0.191 e.